The third-order valence-electron chi connectivity index (χ3n) is 2.38. The second kappa shape index (κ2) is 4.68. The molecule has 2 aromatic rings. The Morgan fingerprint density at radius 1 is 1.38 bits per heavy atom. The van der Waals surface area contributed by atoms with Crippen molar-refractivity contribution in [3.05, 3.63) is 40.6 Å². The zero-order valence-electron chi connectivity index (χ0n) is 8.90. The van der Waals surface area contributed by atoms with Crippen molar-refractivity contribution >= 4 is 11.6 Å². The molecule has 0 aliphatic heterocycles. The van der Waals surface area contributed by atoms with Crippen LogP contribution in [0.1, 0.15) is 11.3 Å². The van der Waals surface area contributed by atoms with Crippen LogP contribution in [-0.4, -0.2) is 16.9 Å². The van der Waals surface area contributed by atoms with E-state index in [0.29, 0.717) is 17.2 Å². The standard InChI is InChI=1S/C12H12ClNO2/c1-8-2-3-9(6-11(8)13)12-7-10(4-5-15)16-14-12/h2-3,6-7,15H,4-5H2,1H3. The van der Waals surface area contributed by atoms with Gasteiger partial charge in [-0.25, -0.2) is 0 Å². The van der Waals surface area contributed by atoms with E-state index in [0.717, 1.165) is 16.8 Å². The van der Waals surface area contributed by atoms with Gasteiger partial charge in [0.1, 0.15) is 11.5 Å². The molecule has 0 aliphatic rings. The highest BCUT2D eigenvalue weighted by Crippen LogP contribution is 2.25. The van der Waals surface area contributed by atoms with Gasteiger partial charge in [-0.2, -0.15) is 0 Å². The molecule has 4 heteroatoms. The van der Waals surface area contributed by atoms with E-state index in [1.54, 1.807) is 0 Å². The van der Waals surface area contributed by atoms with Crippen molar-refractivity contribution in [2.45, 2.75) is 13.3 Å². The van der Waals surface area contributed by atoms with E-state index in [4.69, 9.17) is 21.2 Å². The molecule has 0 fully saturated rings. The first-order chi connectivity index (χ1) is 7.70. The van der Waals surface area contributed by atoms with Crippen LogP contribution in [0.4, 0.5) is 0 Å². The minimum atomic E-state index is 0.0588. The van der Waals surface area contributed by atoms with Crippen molar-refractivity contribution in [3.63, 3.8) is 0 Å². The summed E-state index contributed by atoms with van der Waals surface area (Å²) in [6.07, 6.45) is 0.479. The highest BCUT2D eigenvalue weighted by atomic mass is 35.5. The first-order valence-corrected chi connectivity index (χ1v) is 5.41. The average molecular weight is 238 g/mol. The molecule has 0 amide bonds. The SMILES string of the molecule is Cc1ccc(-c2cc(CCO)on2)cc1Cl. The lowest BCUT2D eigenvalue weighted by Crippen LogP contribution is -1.86. The van der Waals surface area contributed by atoms with E-state index in [2.05, 4.69) is 5.16 Å². The fraction of sp³-hybridized carbons (Fsp3) is 0.250. The maximum atomic E-state index is 8.77. The Kier molecular flexibility index (Phi) is 3.27. The summed E-state index contributed by atoms with van der Waals surface area (Å²) in [4.78, 5) is 0. The van der Waals surface area contributed by atoms with E-state index in [9.17, 15) is 0 Å². The van der Waals surface area contributed by atoms with Gasteiger partial charge in [0.15, 0.2) is 0 Å². The van der Waals surface area contributed by atoms with Gasteiger partial charge in [0.2, 0.25) is 0 Å². The Morgan fingerprint density at radius 3 is 2.88 bits per heavy atom. The third-order valence-corrected chi connectivity index (χ3v) is 2.79. The number of halogens is 1. The van der Waals surface area contributed by atoms with Crippen LogP contribution in [0.5, 0.6) is 0 Å². The summed E-state index contributed by atoms with van der Waals surface area (Å²) in [5, 5.41) is 13.4. The molecular formula is C12H12ClNO2. The number of aryl methyl sites for hydroxylation is 1. The molecular weight excluding hydrogens is 226 g/mol. The molecule has 0 aliphatic carbocycles. The molecule has 3 nitrogen and oxygen atoms in total. The van der Waals surface area contributed by atoms with Crippen molar-refractivity contribution in [1.29, 1.82) is 0 Å². The van der Waals surface area contributed by atoms with Crippen LogP contribution in [0.15, 0.2) is 28.8 Å². The van der Waals surface area contributed by atoms with Crippen molar-refractivity contribution in [2.75, 3.05) is 6.61 Å². The van der Waals surface area contributed by atoms with E-state index in [1.807, 2.05) is 31.2 Å². The first-order valence-electron chi connectivity index (χ1n) is 5.03. The van der Waals surface area contributed by atoms with Gasteiger partial charge in [0, 0.05) is 23.1 Å². The Balaban J connectivity index is 2.31. The highest BCUT2D eigenvalue weighted by molar-refractivity contribution is 6.31. The number of nitrogens with zero attached hydrogens (tertiary/aromatic N) is 1. The van der Waals surface area contributed by atoms with Gasteiger partial charge in [-0.3, -0.25) is 0 Å². The Morgan fingerprint density at radius 2 is 2.19 bits per heavy atom. The van der Waals surface area contributed by atoms with Crippen LogP contribution < -0.4 is 0 Å². The smallest absolute Gasteiger partial charge is 0.139 e. The lowest BCUT2D eigenvalue weighted by Gasteiger charge is -1.99. The second-order valence-electron chi connectivity index (χ2n) is 3.62. The lowest BCUT2D eigenvalue weighted by atomic mass is 10.1. The van der Waals surface area contributed by atoms with Crippen molar-refractivity contribution < 1.29 is 9.63 Å². The molecule has 2 rings (SSSR count). The molecule has 84 valence electrons. The number of hydrogen-bond donors (Lipinski definition) is 1. The van der Waals surface area contributed by atoms with E-state index < -0.39 is 0 Å². The van der Waals surface area contributed by atoms with E-state index >= 15 is 0 Å². The van der Waals surface area contributed by atoms with Gasteiger partial charge in [0.05, 0.1) is 6.61 Å². The molecule has 0 radical (unpaired) electrons. The van der Waals surface area contributed by atoms with Crippen molar-refractivity contribution in [3.8, 4) is 11.3 Å². The molecule has 16 heavy (non-hydrogen) atoms. The molecule has 0 bridgehead atoms. The molecule has 1 N–H and O–H groups in total. The van der Waals surface area contributed by atoms with Gasteiger partial charge in [0.25, 0.3) is 0 Å². The Hall–Kier alpha value is -1.32. The van der Waals surface area contributed by atoms with Gasteiger partial charge < -0.3 is 9.63 Å². The van der Waals surface area contributed by atoms with Crippen LogP contribution in [-0.2, 0) is 6.42 Å². The molecule has 0 unspecified atom stereocenters. The summed E-state index contributed by atoms with van der Waals surface area (Å²) in [6, 6.07) is 7.56. The summed E-state index contributed by atoms with van der Waals surface area (Å²) in [7, 11) is 0. The van der Waals surface area contributed by atoms with E-state index in [1.165, 1.54) is 0 Å². The number of benzene rings is 1. The van der Waals surface area contributed by atoms with Crippen LogP contribution in [0.3, 0.4) is 0 Å². The fourth-order valence-electron chi connectivity index (χ4n) is 1.43. The monoisotopic (exact) mass is 237 g/mol. The second-order valence-corrected chi connectivity index (χ2v) is 4.02. The summed E-state index contributed by atoms with van der Waals surface area (Å²) in [5.74, 6) is 0.675. The Bertz CT molecular complexity index is 494. The summed E-state index contributed by atoms with van der Waals surface area (Å²) in [6.45, 7) is 2.01. The third kappa shape index (κ3) is 2.26. The minimum absolute atomic E-state index is 0.0588. The summed E-state index contributed by atoms with van der Waals surface area (Å²) in [5.41, 5.74) is 2.69. The Labute approximate surface area is 98.6 Å². The van der Waals surface area contributed by atoms with Crippen LogP contribution >= 0.6 is 11.6 Å². The zero-order chi connectivity index (χ0) is 11.5. The van der Waals surface area contributed by atoms with Crippen LogP contribution in [0.25, 0.3) is 11.3 Å². The maximum Gasteiger partial charge on any atom is 0.139 e. The number of aliphatic hydroxyl groups excluding tert-OH is 1. The number of aliphatic hydroxyl groups is 1. The minimum Gasteiger partial charge on any atom is -0.396 e. The van der Waals surface area contributed by atoms with Gasteiger partial charge in [-0.15, -0.1) is 0 Å². The molecule has 1 aromatic heterocycles. The molecule has 1 aromatic carbocycles. The molecule has 0 saturated carbocycles. The summed E-state index contributed by atoms with van der Waals surface area (Å²) >= 11 is 6.03. The van der Waals surface area contributed by atoms with Crippen LogP contribution in [0, 0.1) is 6.92 Å². The first kappa shape index (κ1) is 11.2. The molecule has 0 spiro atoms. The zero-order valence-corrected chi connectivity index (χ0v) is 9.66. The quantitative estimate of drug-likeness (QED) is 0.893. The van der Waals surface area contributed by atoms with Gasteiger partial charge in [-0.1, -0.05) is 28.9 Å². The molecule has 1 heterocycles. The van der Waals surface area contributed by atoms with Crippen LogP contribution in [0.2, 0.25) is 5.02 Å². The predicted octanol–water partition coefficient (Wildman–Crippen LogP) is 2.84. The van der Waals surface area contributed by atoms with Crippen molar-refractivity contribution in [1.82, 2.24) is 5.16 Å². The maximum absolute atomic E-state index is 8.77. The largest absolute Gasteiger partial charge is 0.396 e. The topological polar surface area (TPSA) is 46.3 Å². The van der Waals surface area contributed by atoms with Gasteiger partial charge in [-0.05, 0) is 18.6 Å². The average Bonchev–Trinajstić information content (AvgIpc) is 2.71. The number of rotatable bonds is 3. The predicted molar refractivity (Wildman–Crippen MR) is 62.5 cm³/mol. The number of hydrogen-bond acceptors (Lipinski definition) is 3. The lowest BCUT2D eigenvalue weighted by molar-refractivity contribution is 0.277. The van der Waals surface area contributed by atoms with Gasteiger partial charge >= 0.3 is 0 Å². The molecule has 0 saturated heterocycles. The summed E-state index contributed by atoms with van der Waals surface area (Å²) < 4.78 is 5.08. The molecule has 0 atom stereocenters. The van der Waals surface area contributed by atoms with Crippen molar-refractivity contribution in [2.24, 2.45) is 0 Å². The highest BCUT2D eigenvalue weighted by Gasteiger charge is 2.07. The normalized spacial score (nSPS) is 10.7. The van der Waals surface area contributed by atoms with E-state index in [-0.39, 0.29) is 6.61 Å². The number of aromatic nitrogens is 1. The fourth-order valence-corrected chi connectivity index (χ4v) is 1.61.